The minimum absolute atomic E-state index is 0.989. The van der Waals surface area contributed by atoms with Gasteiger partial charge in [0.15, 0.2) is 0 Å². The number of rotatable bonds is 4. The van der Waals surface area contributed by atoms with E-state index in [4.69, 9.17) is 0 Å². The number of likely N-dealkylation sites (tertiary alicyclic amines) is 1. The molecule has 24 heavy (non-hydrogen) atoms. The van der Waals surface area contributed by atoms with Gasteiger partial charge in [-0.1, -0.05) is 72.3 Å². The van der Waals surface area contributed by atoms with Gasteiger partial charge in [-0.15, -0.1) is 0 Å². The Labute approximate surface area is 146 Å². The maximum absolute atomic E-state index is 3.32. The quantitative estimate of drug-likeness (QED) is 0.427. The molecule has 0 N–H and O–H groups in total. The van der Waals surface area contributed by atoms with Crippen LogP contribution in [0.2, 0.25) is 0 Å². The van der Waals surface area contributed by atoms with E-state index in [9.17, 15) is 0 Å². The van der Waals surface area contributed by atoms with Crippen molar-refractivity contribution in [3.8, 4) is 11.8 Å². The van der Waals surface area contributed by atoms with E-state index in [2.05, 4.69) is 73.0 Å². The predicted octanol–water partition coefficient (Wildman–Crippen LogP) is 4.91. The Morgan fingerprint density at radius 2 is 1.54 bits per heavy atom. The lowest BCUT2D eigenvalue weighted by molar-refractivity contribution is -0.894. The van der Waals surface area contributed by atoms with Crippen LogP contribution in [-0.2, 0) is 0 Å². The van der Waals surface area contributed by atoms with E-state index in [0.29, 0.717) is 0 Å². The van der Waals surface area contributed by atoms with E-state index in [1.807, 2.05) is 18.2 Å². The summed E-state index contributed by atoms with van der Waals surface area (Å²) in [6.07, 6.45) is 8.47. The van der Waals surface area contributed by atoms with Gasteiger partial charge in [0.1, 0.15) is 0 Å². The molecule has 122 valence electrons. The molecular formula is C23H25N. The molecule has 1 aliphatic rings. The summed E-state index contributed by atoms with van der Waals surface area (Å²) in [4.78, 5) is 0. The highest BCUT2D eigenvalue weighted by Gasteiger charge is 2.23. The molecule has 0 aromatic heterocycles. The Morgan fingerprint density at radius 1 is 0.875 bits per heavy atom. The van der Waals surface area contributed by atoms with E-state index in [-0.39, 0.29) is 0 Å². The lowest BCUT2D eigenvalue weighted by Crippen LogP contribution is -2.49. The van der Waals surface area contributed by atoms with Crippen molar-refractivity contribution in [3.05, 3.63) is 84.4 Å². The van der Waals surface area contributed by atoms with Crippen LogP contribution >= 0.6 is 0 Å². The normalized spacial score (nSPS) is 16.3. The van der Waals surface area contributed by atoms with Gasteiger partial charge >= 0.3 is 0 Å². The molecule has 0 amide bonds. The molecular weight excluding hydrogens is 290 g/mol. The summed E-state index contributed by atoms with van der Waals surface area (Å²) < 4.78 is 0.989. The lowest BCUT2D eigenvalue weighted by Gasteiger charge is -2.43. The van der Waals surface area contributed by atoms with Crippen LogP contribution in [-0.4, -0.2) is 24.1 Å². The number of hydrogen-bond acceptors (Lipinski definition) is 0. The first-order chi connectivity index (χ1) is 11.9. The molecule has 0 unspecified atom stereocenters. The second kappa shape index (κ2) is 8.43. The summed E-state index contributed by atoms with van der Waals surface area (Å²) in [6, 6.07) is 20.8. The van der Waals surface area contributed by atoms with Gasteiger partial charge in [-0.05, 0) is 30.9 Å². The first-order valence-corrected chi connectivity index (χ1v) is 8.85. The van der Waals surface area contributed by atoms with Crippen LogP contribution in [0.1, 0.15) is 30.4 Å². The molecule has 1 nitrogen and oxygen atoms in total. The van der Waals surface area contributed by atoms with Crippen LogP contribution in [0.4, 0.5) is 0 Å². The molecule has 1 heterocycles. The van der Waals surface area contributed by atoms with Crippen molar-refractivity contribution in [1.29, 1.82) is 0 Å². The van der Waals surface area contributed by atoms with Crippen molar-refractivity contribution in [1.82, 2.24) is 0 Å². The fraction of sp³-hybridized carbons (Fsp3) is 0.261. The topological polar surface area (TPSA) is 0 Å². The van der Waals surface area contributed by atoms with Gasteiger partial charge in [0, 0.05) is 6.54 Å². The van der Waals surface area contributed by atoms with Gasteiger partial charge in [0.25, 0.3) is 0 Å². The average molecular weight is 315 g/mol. The molecule has 0 atom stereocenters. The van der Waals surface area contributed by atoms with Gasteiger partial charge < -0.3 is 4.48 Å². The Balaban J connectivity index is 1.66. The monoisotopic (exact) mass is 315 g/mol. The van der Waals surface area contributed by atoms with Crippen molar-refractivity contribution >= 4 is 6.08 Å². The van der Waals surface area contributed by atoms with Crippen molar-refractivity contribution in [3.63, 3.8) is 0 Å². The molecule has 1 saturated heterocycles. The number of quaternary nitrogens is 1. The van der Waals surface area contributed by atoms with Crippen LogP contribution in [0.3, 0.4) is 0 Å². The maximum atomic E-state index is 3.32. The third-order valence-corrected chi connectivity index (χ3v) is 4.61. The van der Waals surface area contributed by atoms with Crippen molar-refractivity contribution < 1.29 is 4.48 Å². The highest BCUT2D eigenvalue weighted by atomic mass is 15.3. The highest BCUT2D eigenvalue weighted by Crippen LogP contribution is 2.21. The molecule has 0 aliphatic carbocycles. The lowest BCUT2D eigenvalue weighted by atomic mass is 10.1. The van der Waals surface area contributed by atoms with Crippen LogP contribution < -0.4 is 0 Å². The second-order valence-electron chi connectivity index (χ2n) is 6.49. The molecule has 3 rings (SSSR count). The van der Waals surface area contributed by atoms with Gasteiger partial charge in [-0.2, -0.15) is 0 Å². The number of nitrogens with zero attached hydrogens (tertiary/aromatic N) is 1. The van der Waals surface area contributed by atoms with E-state index in [1.165, 1.54) is 37.9 Å². The standard InChI is InChI=1S/C23H25N/c1-4-12-22(13-5-1)16-10-20-24(18-8-3-9-19-24)21-11-17-23-14-6-2-7-15-23/h1-2,4-7,10,12-16,21H,3,8-9,18-20H2/b16-10+. The predicted molar refractivity (Wildman–Crippen MR) is 102 cm³/mol. The van der Waals surface area contributed by atoms with Gasteiger partial charge in [0.2, 0.25) is 0 Å². The summed E-state index contributed by atoms with van der Waals surface area (Å²) in [7, 11) is 0. The molecule has 0 radical (unpaired) electrons. The summed E-state index contributed by atoms with van der Waals surface area (Å²) >= 11 is 0. The van der Waals surface area contributed by atoms with E-state index in [1.54, 1.807) is 0 Å². The first kappa shape index (κ1) is 16.4. The van der Waals surface area contributed by atoms with Crippen molar-refractivity contribution in [2.24, 2.45) is 0 Å². The minimum atomic E-state index is 0.989. The number of piperidine rings is 1. The molecule has 1 heteroatoms. The fourth-order valence-corrected chi connectivity index (χ4v) is 3.24. The highest BCUT2D eigenvalue weighted by molar-refractivity contribution is 5.48. The molecule has 1 aliphatic heterocycles. The summed E-state index contributed by atoms with van der Waals surface area (Å²) in [5.74, 6) is 6.60. The van der Waals surface area contributed by atoms with E-state index in [0.717, 1.165) is 16.6 Å². The van der Waals surface area contributed by atoms with Gasteiger partial charge in [-0.3, -0.25) is 5.92 Å². The Kier molecular flexibility index (Phi) is 5.77. The van der Waals surface area contributed by atoms with Crippen LogP contribution in [0.15, 0.2) is 66.7 Å². The molecule has 2 aromatic carbocycles. The zero-order valence-electron chi connectivity index (χ0n) is 14.2. The van der Waals surface area contributed by atoms with Gasteiger partial charge in [0.05, 0.1) is 19.6 Å². The SMILES string of the molecule is C(#Cc1ccccc1)[CH-][N+]1(C/C=C/c2ccccc2)CCCCC1. The van der Waals surface area contributed by atoms with Crippen LogP contribution in [0.25, 0.3) is 6.08 Å². The molecule has 2 aromatic rings. The second-order valence-corrected chi connectivity index (χ2v) is 6.49. The van der Waals surface area contributed by atoms with Gasteiger partial charge in [-0.25, -0.2) is 5.92 Å². The minimum Gasteiger partial charge on any atom is -0.358 e. The molecule has 1 fully saturated rings. The largest absolute Gasteiger partial charge is 0.358 e. The Morgan fingerprint density at radius 3 is 2.25 bits per heavy atom. The Hall–Kier alpha value is -2.43. The zero-order chi connectivity index (χ0) is 16.5. The van der Waals surface area contributed by atoms with E-state index >= 15 is 0 Å². The zero-order valence-corrected chi connectivity index (χ0v) is 14.2. The third kappa shape index (κ3) is 4.78. The number of hydrogen-bond donors (Lipinski definition) is 0. The molecule has 0 spiro atoms. The van der Waals surface area contributed by atoms with Crippen molar-refractivity contribution in [2.75, 3.05) is 19.6 Å². The first-order valence-electron chi connectivity index (χ1n) is 8.85. The summed E-state index contributed by atoms with van der Waals surface area (Å²) in [5.41, 5.74) is 2.35. The maximum Gasteiger partial charge on any atom is 0.0889 e. The summed E-state index contributed by atoms with van der Waals surface area (Å²) in [6.45, 7) is 5.64. The fourth-order valence-electron chi connectivity index (χ4n) is 3.24. The Bertz CT molecular complexity index is 698. The van der Waals surface area contributed by atoms with Crippen molar-refractivity contribution in [2.45, 2.75) is 19.3 Å². The smallest absolute Gasteiger partial charge is 0.0889 e. The summed E-state index contributed by atoms with van der Waals surface area (Å²) in [5, 5.41) is 0. The third-order valence-electron chi connectivity index (χ3n) is 4.61. The number of benzene rings is 2. The molecule has 0 saturated carbocycles. The average Bonchev–Trinajstić information content (AvgIpc) is 2.64. The van der Waals surface area contributed by atoms with Crippen LogP contribution in [0, 0.1) is 18.4 Å². The van der Waals surface area contributed by atoms with E-state index < -0.39 is 0 Å². The molecule has 0 bridgehead atoms. The van der Waals surface area contributed by atoms with Crippen LogP contribution in [0.5, 0.6) is 0 Å².